The number of nitrogens with zero attached hydrogens (tertiary/aromatic N) is 1. The Labute approximate surface area is 258 Å². The minimum atomic E-state index is -1.08. The number of carbonyl (C=O) groups is 1. The van der Waals surface area contributed by atoms with E-state index in [0.717, 1.165) is 30.1 Å². The van der Waals surface area contributed by atoms with E-state index in [1.807, 2.05) is 30.3 Å². The first kappa shape index (κ1) is 33.9. The van der Waals surface area contributed by atoms with Crippen molar-refractivity contribution in [1.29, 1.82) is 0 Å². The number of benzene rings is 3. The molecule has 0 saturated carbocycles. The average molecular weight is 605 g/mol. The number of hydrogen-bond donors (Lipinski definition) is 2. The van der Waals surface area contributed by atoms with Crippen molar-refractivity contribution in [3.63, 3.8) is 0 Å². The summed E-state index contributed by atoms with van der Waals surface area (Å²) in [5, 5.41) is 10.1. The number of unbranched alkanes of at least 4 members (excludes halogenated alkanes) is 5. The molecular formula is C35H44N2O5S. The summed E-state index contributed by atoms with van der Waals surface area (Å²) in [4.78, 5) is 18.3. The highest BCUT2D eigenvalue weighted by Crippen LogP contribution is 2.33. The normalized spacial score (nSPS) is 13.5. The topological polar surface area (TPSA) is 107 Å². The number of H-pyrrole nitrogens is 1. The Morgan fingerprint density at radius 3 is 2.28 bits per heavy atom. The molecule has 230 valence electrons. The summed E-state index contributed by atoms with van der Waals surface area (Å²) in [6, 6.07) is 23.8. The highest BCUT2D eigenvalue weighted by atomic mass is 32.2. The van der Waals surface area contributed by atoms with Gasteiger partial charge in [-0.3, -0.25) is 4.79 Å². The number of rotatable bonds is 13. The largest absolute Gasteiger partial charge is 0.616 e. The number of imidazole rings is 1. The van der Waals surface area contributed by atoms with Crippen LogP contribution in [0.5, 0.6) is 11.5 Å². The van der Waals surface area contributed by atoms with Gasteiger partial charge in [-0.15, -0.1) is 0 Å². The molecule has 3 atom stereocenters. The number of aromatic amines is 1. The summed E-state index contributed by atoms with van der Waals surface area (Å²) in [7, 11) is 0. The van der Waals surface area contributed by atoms with Gasteiger partial charge in [0.15, 0.2) is 17.3 Å². The molecule has 3 aromatic carbocycles. The Kier molecular flexibility index (Phi) is 15.4. The zero-order valence-electron chi connectivity index (χ0n) is 25.2. The van der Waals surface area contributed by atoms with E-state index in [1.165, 1.54) is 37.7 Å². The lowest BCUT2D eigenvalue weighted by Crippen LogP contribution is -2.23. The summed E-state index contributed by atoms with van der Waals surface area (Å²) in [5.41, 5.74) is 2.32. The van der Waals surface area contributed by atoms with Crippen LogP contribution in [0.3, 0.4) is 0 Å². The second-order valence-electron chi connectivity index (χ2n) is 10.4. The van der Waals surface area contributed by atoms with E-state index in [4.69, 9.17) is 9.47 Å². The monoisotopic (exact) mass is 604 g/mol. The molecular weight excluding hydrogens is 560 g/mol. The summed E-state index contributed by atoms with van der Waals surface area (Å²) in [6.07, 6.45) is 12.3. The van der Waals surface area contributed by atoms with Crippen LogP contribution in [0, 0.1) is 0 Å². The van der Waals surface area contributed by atoms with Gasteiger partial charge in [-0.1, -0.05) is 111 Å². The summed E-state index contributed by atoms with van der Waals surface area (Å²) < 4.78 is 23.0. The number of fused-ring (bicyclic) bond motifs is 1. The van der Waals surface area contributed by atoms with Crippen LogP contribution >= 0.6 is 0 Å². The maximum absolute atomic E-state index is 12.3. The molecule has 0 bridgehead atoms. The van der Waals surface area contributed by atoms with Crippen LogP contribution in [-0.2, 0) is 17.6 Å². The van der Waals surface area contributed by atoms with Gasteiger partial charge in [-0.25, -0.2) is 4.98 Å². The van der Waals surface area contributed by atoms with Crippen LogP contribution in [0.2, 0.25) is 0 Å². The maximum Gasteiger partial charge on any atom is 0.231 e. The van der Waals surface area contributed by atoms with Gasteiger partial charge < -0.3 is 24.1 Å². The third kappa shape index (κ3) is 12.3. The van der Waals surface area contributed by atoms with Crippen LogP contribution in [0.4, 0.5) is 0 Å². The van der Waals surface area contributed by atoms with Crippen LogP contribution in [0.25, 0.3) is 0 Å². The Hall–Kier alpha value is -3.59. The standard InChI is InChI=1S/C18H28O3S.C14H12O2.C3H4N2/c1-3-4-5-6-7-8-11-22(19)15(2)12-16-9-10-17-18(13-16)21-14-20-17;15-13(11-7-3-1-4-8-11)14(16)12-9-5-2-6-10-12;1-2-5-3-4-1/h9-10,13,15H,3-8,11-12,14H2,1-2H3;1-10,13,15H;1-3H,(H,4,5). The number of nitrogens with one attached hydrogen (secondary N) is 1. The summed E-state index contributed by atoms with van der Waals surface area (Å²) in [5.74, 6) is 2.18. The fourth-order valence-corrected chi connectivity index (χ4v) is 5.75. The SMILES string of the molecule is CCCCCCCC[S+]([O-])C(C)Cc1ccc2c(c1)OCO2.O=C(c1ccccc1)C(O)c1ccccc1.c1c[nH]cn1. The highest BCUT2D eigenvalue weighted by Gasteiger charge is 2.20. The lowest BCUT2D eigenvalue weighted by Gasteiger charge is -2.18. The van der Waals surface area contributed by atoms with Gasteiger partial charge in [0.25, 0.3) is 0 Å². The number of carbonyl (C=O) groups excluding carboxylic acids is 1. The second kappa shape index (κ2) is 19.6. The van der Waals surface area contributed by atoms with Gasteiger partial charge in [-0.05, 0) is 43.0 Å². The number of aliphatic hydroxyl groups excluding tert-OH is 1. The van der Waals surface area contributed by atoms with Crippen molar-refractivity contribution in [3.8, 4) is 11.5 Å². The van der Waals surface area contributed by atoms with Crippen molar-refractivity contribution < 1.29 is 23.9 Å². The third-order valence-corrected chi connectivity index (χ3v) is 8.69. The number of aliphatic hydroxyl groups is 1. The molecule has 0 saturated heterocycles. The molecule has 2 heterocycles. The number of hydrogen-bond acceptors (Lipinski definition) is 6. The lowest BCUT2D eigenvalue weighted by atomic mass is 10.0. The molecule has 1 aliphatic heterocycles. The Bertz CT molecular complexity index is 1270. The van der Waals surface area contributed by atoms with Crippen molar-refractivity contribution in [2.45, 2.75) is 70.1 Å². The Balaban J connectivity index is 0.000000209. The number of aromatic nitrogens is 2. The van der Waals surface area contributed by atoms with Gasteiger partial charge in [0.1, 0.15) is 17.1 Å². The molecule has 8 heteroatoms. The van der Waals surface area contributed by atoms with Crippen LogP contribution in [0.15, 0.2) is 97.6 Å². The first-order valence-corrected chi connectivity index (χ1v) is 16.4. The quantitative estimate of drug-likeness (QED) is 0.0931. The minimum absolute atomic E-state index is 0.191. The molecule has 1 aromatic heterocycles. The highest BCUT2D eigenvalue weighted by molar-refractivity contribution is 7.91. The van der Waals surface area contributed by atoms with Crippen LogP contribution < -0.4 is 9.47 Å². The molecule has 2 N–H and O–H groups in total. The van der Waals surface area contributed by atoms with Gasteiger partial charge in [-0.2, -0.15) is 0 Å². The smallest absolute Gasteiger partial charge is 0.231 e. The first-order valence-electron chi connectivity index (χ1n) is 15.0. The van der Waals surface area contributed by atoms with E-state index in [9.17, 15) is 14.5 Å². The molecule has 0 amide bonds. The van der Waals surface area contributed by atoms with Gasteiger partial charge >= 0.3 is 0 Å². The minimum Gasteiger partial charge on any atom is -0.616 e. The third-order valence-electron chi connectivity index (χ3n) is 6.94. The second-order valence-corrected chi connectivity index (χ2v) is 12.3. The molecule has 0 aliphatic carbocycles. The molecule has 43 heavy (non-hydrogen) atoms. The zero-order valence-corrected chi connectivity index (χ0v) is 26.0. The first-order chi connectivity index (χ1) is 21.0. The van der Waals surface area contributed by atoms with E-state index in [1.54, 1.807) is 67.3 Å². The van der Waals surface area contributed by atoms with E-state index < -0.39 is 17.3 Å². The van der Waals surface area contributed by atoms with Crippen molar-refractivity contribution in [2.24, 2.45) is 0 Å². The molecule has 1 aliphatic rings. The predicted molar refractivity (Wildman–Crippen MR) is 173 cm³/mol. The maximum atomic E-state index is 12.3. The number of ether oxygens (including phenoxy) is 2. The zero-order chi connectivity index (χ0) is 30.7. The molecule has 0 spiro atoms. The Morgan fingerprint density at radius 2 is 1.63 bits per heavy atom. The van der Waals surface area contributed by atoms with Gasteiger partial charge in [0, 0.05) is 24.4 Å². The van der Waals surface area contributed by atoms with Crippen molar-refractivity contribution in [3.05, 3.63) is 114 Å². The van der Waals surface area contributed by atoms with Crippen LogP contribution in [-0.4, -0.2) is 43.2 Å². The van der Waals surface area contributed by atoms with E-state index in [-0.39, 0.29) is 11.0 Å². The average Bonchev–Trinajstić information content (AvgIpc) is 3.79. The van der Waals surface area contributed by atoms with Crippen molar-refractivity contribution in [2.75, 3.05) is 12.5 Å². The molecule has 3 unspecified atom stereocenters. The van der Waals surface area contributed by atoms with Crippen molar-refractivity contribution in [1.82, 2.24) is 9.97 Å². The van der Waals surface area contributed by atoms with Crippen LogP contribution in [0.1, 0.15) is 80.0 Å². The van der Waals surface area contributed by atoms with E-state index >= 15 is 0 Å². The van der Waals surface area contributed by atoms with E-state index in [0.29, 0.717) is 17.9 Å². The predicted octanol–water partition coefficient (Wildman–Crippen LogP) is 7.47. The number of Topliss-reactive ketones (excluding diaryl/α,β-unsaturated/α-hetero) is 1. The Morgan fingerprint density at radius 1 is 0.953 bits per heavy atom. The molecule has 5 rings (SSSR count). The van der Waals surface area contributed by atoms with Crippen molar-refractivity contribution >= 4 is 17.0 Å². The fourth-order valence-electron chi connectivity index (χ4n) is 4.48. The lowest BCUT2D eigenvalue weighted by molar-refractivity contribution is 0.0747. The fraction of sp³-hybridized carbons (Fsp3) is 0.371. The van der Waals surface area contributed by atoms with Gasteiger partial charge in [0.05, 0.1) is 6.33 Å². The number of ketones is 1. The van der Waals surface area contributed by atoms with E-state index in [2.05, 4.69) is 23.8 Å². The summed E-state index contributed by atoms with van der Waals surface area (Å²) >= 11 is -0.743. The van der Waals surface area contributed by atoms with Gasteiger partial charge in [0.2, 0.25) is 6.79 Å². The molecule has 7 nitrogen and oxygen atoms in total. The molecule has 0 fully saturated rings. The summed E-state index contributed by atoms with van der Waals surface area (Å²) in [6.45, 7) is 4.61. The molecule has 4 aromatic rings. The molecule has 0 radical (unpaired) electrons.